The first-order chi connectivity index (χ1) is 10.6. The van der Waals surface area contributed by atoms with Gasteiger partial charge in [0.05, 0.1) is 30.7 Å². The number of sulfonamides is 1. The van der Waals surface area contributed by atoms with E-state index in [0.717, 1.165) is 30.8 Å². The Morgan fingerprint density at radius 2 is 2.09 bits per heavy atom. The average Bonchev–Trinajstić information content (AvgIpc) is 2.93. The Bertz CT molecular complexity index is 595. The minimum absolute atomic E-state index is 0.330. The van der Waals surface area contributed by atoms with E-state index in [9.17, 15) is 8.42 Å². The number of aromatic nitrogens is 1. The second kappa shape index (κ2) is 6.66. The normalized spacial score (nSPS) is 25.4. The summed E-state index contributed by atoms with van der Waals surface area (Å²) >= 11 is 0. The molecule has 7 nitrogen and oxygen atoms in total. The molecule has 3 rings (SSSR count). The fourth-order valence-corrected chi connectivity index (χ4v) is 5.07. The fourth-order valence-electron chi connectivity index (χ4n) is 3.12. The Hall–Kier alpha value is -0.960. The van der Waals surface area contributed by atoms with E-state index in [2.05, 4.69) is 10.1 Å². The molecule has 1 aromatic rings. The van der Waals surface area contributed by atoms with Crippen molar-refractivity contribution in [3.05, 3.63) is 17.5 Å². The maximum atomic E-state index is 12.8. The van der Waals surface area contributed by atoms with Crippen molar-refractivity contribution in [1.82, 2.24) is 14.4 Å². The van der Waals surface area contributed by atoms with Crippen LogP contribution in [0.3, 0.4) is 0 Å². The molecule has 0 bridgehead atoms. The van der Waals surface area contributed by atoms with Gasteiger partial charge in [-0.15, -0.1) is 0 Å². The molecular formula is C14H23N3O4S. The highest BCUT2D eigenvalue weighted by atomic mass is 32.2. The van der Waals surface area contributed by atoms with Gasteiger partial charge in [-0.1, -0.05) is 5.16 Å². The predicted octanol–water partition coefficient (Wildman–Crippen LogP) is 0.609. The van der Waals surface area contributed by atoms with Gasteiger partial charge in [-0.05, 0) is 26.3 Å². The molecule has 3 heterocycles. The minimum Gasteiger partial charge on any atom is -0.379 e. The molecule has 1 aromatic heterocycles. The van der Waals surface area contributed by atoms with Gasteiger partial charge in [-0.25, -0.2) is 8.42 Å². The van der Waals surface area contributed by atoms with Crippen molar-refractivity contribution >= 4 is 10.0 Å². The first-order valence-electron chi connectivity index (χ1n) is 7.77. The lowest BCUT2D eigenvalue weighted by Crippen LogP contribution is -2.50. The molecule has 0 N–H and O–H groups in total. The summed E-state index contributed by atoms with van der Waals surface area (Å²) in [7, 11) is -3.24. The van der Waals surface area contributed by atoms with Crippen LogP contribution in [-0.4, -0.2) is 67.4 Å². The molecule has 0 aromatic carbocycles. The smallest absolute Gasteiger partial charge is 0.218 e. The second-order valence-corrected chi connectivity index (χ2v) is 8.20. The number of aryl methyl sites for hydroxylation is 1. The van der Waals surface area contributed by atoms with E-state index in [1.54, 1.807) is 4.31 Å². The lowest BCUT2D eigenvalue weighted by atomic mass is 10.1. The summed E-state index contributed by atoms with van der Waals surface area (Å²) in [5.41, 5.74) is 0.851. The van der Waals surface area contributed by atoms with Gasteiger partial charge in [0.2, 0.25) is 10.0 Å². The first kappa shape index (κ1) is 15.9. The zero-order valence-corrected chi connectivity index (χ0v) is 13.7. The summed E-state index contributed by atoms with van der Waals surface area (Å²) in [6.45, 7) is 5.89. The number of rotatable bonds is 4. The Kier molecular flexibility index (Phi) is 4.82. The van der Waals surface area contributed by atoms with Gasteiger partial charge in [0.1, 0.15) is 0 Å². The number of piperidine rings is 1. The Morgan fingerprint density at radius 1 is 1.32 bits per heavy atom. The van der Waals surface area contributed by atoms with E-state index >= 15 is 0 Å². The van der Waals surface area contributed by atoms with Crippen molar-refractivity contribution < 1.29 is 17.7 Å². The monoisotopic (exact) mass is 329 g/mol. The van der Waals surface area contributed by atoms with E-state index in [1.807, 2.05) is 13.0 Å². The molecule has 8 heteroatoms. The van der Waals surface area contributed by atoms with Crippen molar-refractivity contribution in [1.29, 1.82) is 0 Å². The first-order valence-corrected chi connectivity index (χ1v) is 9.27. The van der Waals surface area contributed by atoms with E-state index in [0.29, 0.717) is 39.4 Å². The SMILES string of the molecule is Cc1cc(CN2CCCC(S(=O)(=O)N3CCOCC3)C2)on1. The predicted molar refractivity (Wildman–Crippen MR) is 80.9 cm³/mol. The van der Waals surface area contributed by atoms with Crippen molar-refractivity contribution in [2.75, 3.05) is 39.4 Å². The third-order valence-corrected chi connectivity index (χ3v) is 6.58. The van der Waals surface area contributed by atoms with Crippen molar-refractivity contribution in [3.63, 3.8) is 0 Å². The molecule has 2 aliphatic rings. The van der Waals surface area contributed by atoms with Gasteiger partial charge in [-0.2, -0.15) is 4.31 Å². The lowest BCUT2D eigenvalue weighted by molar-refractivity contribution is 0.0718. The Morgan fingerprint density at radius 3 is 2.77 bits per heavy atom. The number of ether oxygens (including phenoxy) is 1. The molecule has 1 unspecified atom stereocenters. The summed E-state index contributed by atoms with van der Waals surface area (Å²) in [5, 5.41) is 3.55. The highest BCUT2D eigenvalue weighted by Gasteiger charge is 2.36. The third-order valence-electron chi connectivity index (χ3n) is 4.27. The van der Waals surface area contributed by atoms with Crippen LogP contribution in [0.15, 0.2) is 10.6 Å². The van der Waals surface area contributed by atoms with Gasteiger partial charge in [-0.3, -0.25) is 4.90 Å². The molecule has 0 spiro atoms. The molecular weight excluding hydrogens is 306 g/mol. The maximum Gasteiger partial charge on any atom is 0.218 e. The number of hydrogen-bond acceptors (Lipinski definition) is 6. The van der Waals surface area contributed by atoms with Crippen LogP contribution in [0.5, 0.6) is 0 Å². The largest absolute Gasteiger partial charge is 0.379 e. The molecule has 0 aliphatic carbocycles. The van der Waals surface area contributed by atoms with Crippen LogP contribution >= 0.6 is 0 Å². The van der Waals surface area contributed by atoms with Gasteiger partial charge in [0, 0.05) is 25.7 Å². The zero-order chi connectivity index (χ0) is 15.6. The molecule has 0 radical (unpaired) electrons. The van der Waals surface area contributed by atoms with E-state index in [-0.39, 0.29) is 5.25 Å². The number of morpholine rings is 1. The minimum atomic E-state index is -3.24. The summed E-state index contributed by atoms with van der Waals surface area (Å²) in [6.07, 6.45) is 1.62. The third kappa shape index (κ3) is 3.51. The van der Waals surface area contributed by atoms with Gasteiger partial charge < -0.3 is 9.26 Å². The molecule has 0 amide bonds. The van der Waals surface area contributed by atoms with Crippen LogP contribution in [0, 0.1) is 6.92 Å². The molecule has 2 saturated heterocycles. The highest BCUT2D eigenvalue weighted by molar-refractivity contribution is 7.89. The number of hydrogen-bond donors (Lipinski definition) is 0. The molecule has 0 saturated carbocycles. The van der Waals surface area contributed by atoms with Crippen LogP contribution < -0.4 is 0 Å². The van der Waals surface area contributed by atoms with Gasteiger partial charge in [0.25, 0.3) is 0 Å². The van der Waals surface area contributed by atoms with E-state index in [1.165, 1.54) is 0 Å². The van der Waals surface area contributed by atoms with Gasteiger partial charge in [0.15, 0.2) is 5.76 Å². The van der Waals surface area contributed by atoms with E-state index in [4.69, 9.17) is 9.26 Å². The van der Waals surface area contributed by atoms with Gasteiger partial charge >= 0.3 is 0 Å². The molecule has 124 valence electrons. The zero-order valence-electron chi connectivity index (χ0n) is 12.9. The van der Waals surface area contributed by atoms with E-state index < -0.39 is 10.0 Å². The fraction of sp³-hybridized carbons (Fsp3) is 0.786. The second-order valence-electron chi connectivity index (χ2n) is 5.99. The van der Waals surface area contributed by atoms with Crippen LogP contribution in [0.1, 0.15) is 24.3 Å². The molecule has 2 aliphatic heterocycles. The summed E-state index contributed by atoms with van der Waals surface area (Å²) < 4.78 is 37.6. The topological polar surface area (TPSA) is 75.9 Å². The standard InChI is InChI=1S/C14H23N3O4S/c1-12-9-13(21-15-12)10-16-4-2-3-14(11-16)22(18,19)17-5-7-20-8-6-17/h9,14H,2-8,10-11H2,1H3. The highest BCUT2D eigenvalue weighted by Crippen LogP contribution is 2.22. The lowest BCUT2D eigenvalue weighted by Gasteiger charge is -2.35. The summed E-state index contributed by atoms with van der Waals surface area (Å²) in [5.74, 6) is 0.793. The Balaban J connectivity index is 1.64. The maximum absolute atomic E-state index is 12.8. The van der Waals surface area contributed by atoms with Crippen LogP contribution in [0.4, 0.5) is 0 Å². The van der Waals surface area contributed by atoms with Crippen molar-refractivity contribution in [2.45, 2.75) is 31.6 Å². The molecule has 22 heavy (non-hydrogen) atoms. The number of likely N-dealkylation sites (tertiary alicyclic amines) is 1. The molecule has 2 fully saturated rings. The quantitative estimate of drug-likeness (QED) is 0.805. The molecule has 1 atom stereocenters. The summed E-state index contributed by atoms with van der Waals surface area (Å²) in [4.78, 5) is 2.14. The van der Waals surface area contributed by atoms with Crippen molar-refractivity contribution in [2.24, 2.45) is 0 Å². The average molecular weight is 329 g/mol. The number of nitrogens with zero attached hydrogens (tertiary/aromatic N) is 3. The van der Waals surface area contributed by atoms with Crippen LogP contribution in [0.25, 0.3) is 0 Å². The Labute approximate surface area is 131 Å². The summed E-state index contributed by atoms with van der Waals surface area (Å²) in [6, 6.07) is 1.90. The van der Waals surface area contributed by atoms with Crippen LogP contribution in [-0.2, 0) is 21.3 Å². The van der Waals surface area contributed by atoms with Crippen molar-refractivity contribution in [3.8, 4) is 0 Å². The van der Waals surface area contributed by atoms with Crippen LogP contribution in [0.2, 0.25) is 0 Å².